The Labute approximate surface area is 115 Å². The van der Waals surface area contributed by atoms with Gasteiger partial charge in [-0.05, 0) is 18.4 Å². The number of morpholine rings is 1. The normalized spacial score (nSPS) is 21.6. The van der Waals surface area contributed by atoms with Gasteiger partial charge in [-0.25, -0.2) is 9.97 Å². The van der Waals surface area contributed by atoms with Gasteiger partial charge in [0.2, 0.25) is 0 Å². The highest BCUT2D eigenvalue weighted by molar-refractivity contribution is 7.16. The number of fused-ring (bicyclic) bond motifs is 1. The van der Waals surface area contributed by atoms with Gasteiger partial charge in [-0.2, -0.15) is 0 Å². The molecule has 1 atom stereocenters. The maximum atomic E-state index is 6.17. The van der Waals surface area contributed by atoms with Crippen LogP contribution >= 0.6 is 22.9 Å². The number of hydrogen-bond acceptors (Lipinski definition) is 5. The van der Waals surface area contributed by atoms with Crippen LogP contribution < -0.4 is 0 Å². The van der Waals surface area contributed by atoms with Crippen LogP contribution in [0.4, 0.5) is 0 Å². The number of ether oxygens (including phenoxy) is 1. The van der Waals surface area contributed by atoms with Gasteiger partial charge in [0, 0.05) is 18.0 Å². The van der Waals surface area contributed by atoms with Gasteiger partial charge in [0.25, 0.3) is 0 Å². The molecule has 2 aromatic heterocycles. The standard InChI is InChI=1S/C12H14ClN3OS/c1-8-7-17-4-3-16(8)6-10-14-11(13)9-2-5-18-12(9)15-10/h2,5,8H,3-4,6-7H2,1H3. The van der Waals surface area contributed by atoms with Gasteiger partial charge in [0.15, 0.2) is 0 Å². The highest BCUT2D eigenvalue weighted by Gasteiger charge is 2.20. The minimum atomic E-state index is 0.403. The van der Waals surface area contributed by atoms with Crippen molar-refractivity contribution in [2.24, 2.45) is 0 Å². The summed E-state index contributed by atoms with van der Waals surface area (Å²) in [7, 11) is 0. The summed E-state index contributed by atoms with van der Waals surface area (Å²) in [6.45, 7) is 5.36. The van der Waals surface area contributed by atoms with E-state index in [0.717, 1.165) is 42.3 Å². The molecule has 1 aliphatic rings. The maximum Gasteiger partial charge on any atom is 0.145 e. The molecule has 0 aromatic carbocycles. The largest absolute Gasteiger partial charge is 0.379 e. The Balaban J connectivity index is 1.85. The third kappa shape index (κ3) is 2.36. The van der Waals surface area contributed by atoms with Crippen molar-refractivity contribution in [3.63, 3.8) is 0 Å². The van der Waals surface area contributed by atoms with Crippen molar-refractivity contribution >= 4 is 33.2 Å². The molecule has 1 unspecified atom stereocenters. The van der Waals surface area contributed by atoms with E-state index in [-0.39, 0.29) is 0 Å². The van der Waals surface area contributed by atoms with Crippen molar-refractivity contribution in [1.82, 2.24) is 14.9 Å². The molecule has 3 heterocycles. The lowest BCUT2D eigenvalue weighted by Gasteiger charge is -2.32. The summed E-state index contributed by atoms with van der Waals surface area (Å²) in [5.74, 6) is 0.795. The third-order valence-electron chi connectivity index (χ3n) is 3.17. The van der Waals surface area contributed by atoms with Crippen LogP contribution in [0.15, 0.2) is 11.4 Å². The first-order valence-corrected chi connectivity index (χ1v) is 7.21. The summed E-state index contributed by atoms with van der Waals surface area (Å²) in [5, 5.41) is 3.49. The number of halogens is 1. The van der Waals surface area contributed by atoms with E-state index in [2.05, 4.69) is 21.8 Å². The van der Waals surface area contributed by atoms with Gasteiger partial charge in [0.1, 0.15) is 15.8 Å². The van der Waals surface area contributed by atoms with Gasteiger partial charge >= 0.3 is 0 Å². The molecule has 96 valence electrons. The predicted octanol–water partition coefficient (Wildman–Crippen LogP) is 2.57. The second-order valence-electron chi connectivity index (χ2n) is 4.46. The van der Waals surface area contributed by atoms with Crippen molar-refractivity contribution in [3.8, 4) is 0 Å². The van der Waals surface area contributed by atoms with Gasteiger partial charge in [0.05, 0.1) is 19.8 Å². The van der Waals surface area contributed by atoms with E-state index in [1.807, 2.05) is 11.4 Å². The molecule has 1 aliphatic heterocycles. The van der Waals surface area contributed by atoms with E-state index in [1.54, 1.807) is 11.3 Å². The lowest BCUT2D eigenvalue weighted by atomic mass is 10.2. The monoisotopic (exact) mass is 283 g/mol. The fraction of sp³-hybridized carbons (Fsp3) is 0.500. The summed E-state index contributed by atoms with van der Waals surface area (Å²) in [4.78, 5) is 12.2. The first-order chi connectivity index (χ1) is 8.74. The summed E-state index contributed by atoms with van der Waals surface area (Å²) in [5.41, 5.74) is 0. The molecule has 1 fully saturated rings. The zero-order valence-corrected chi connectivity index (χ0v) is 11.7. The van der Waals surface area contributed by atoms with Crippen LogP contribution in [0, 0.1) is 0 Å². The van der Waals surface area contributed by atoms with Crippen LogP contribution in [0.5, 0.6) is 0 Å². The van der Waals surface area contributed by atoms with Gasteiger partial charge in [-0.3, -0.25) is 4.90 Å². The predicted molar refractivity (Wildman–Crippen MR) is 73.1 cm³/mol. The van der Waals surface area contributed by atoms with E-state index in [9.17, 15) is 0 Å². The zero-order chi connectivity index (χ0) is 12.5. The number of hydrogen-bond donors (Lipinski definition) is 0. The smallest absolute Gasteiger partial charge is 0.145 e. The minimum Gasteiger partial charge on any atom is -0.379 e. The summed E-state index contributed by atoms with van der Waals surface area (Å²) < 4.78 is 5.42. The number of rotatable bonds is 2. The van der Waals surface area contributed by atoms with E-state index in [4.69, 9.17) is 16.3 Å². The van der Waals surface area contributed by atoms with Crippen LogP contribution in [0.3, 0.4) is 0 Å². The first kappa shape index (κ1) is 12.3. The molecule has 18 heavy (non-hydrogen) atoms. The highest BCUT2D eigenvalue weighted by atomic mass is 35.5. The molecule has 3 rings (SSSR count). The molecule has 0 radical (unpaired) electrons. The Kier molecular flexibility index (Phi) is 3.48. The average molecular weight is 284 g/mol. The Bertz CT molecular complexity index is 559. The highest BCUT2D eigenvalue weighted by Crippen LogP contribution is 2.25. The molecule has 0 amide bonds. The Morgan fingerprint density at radius 2 is 2.44 bits per heavy atom. The van der Waals surface area contributed by atoms with E-state index >= 15 is 0 Å². The van der Waals surface area contributed by atoms with Crippen molar-refractivity contribution in [1.29, 1.82) is 0 Å². The van der Waals surface area contributed by atoms with Crippen LogP contribution in [-0.2, 0) is 11.3 Å². The fourth-order valence-electron chi connectivity index (χ4n) is 2.11. The van der Waals surface area contributed by atoms with Crippen LogP contribution in [0.2, 0.25) is 5.15 Å². The van der Waals surface area contributed by atoms with Gasteiger partial charge < -0.3 is 4.74 Å². The second-order valence-corrected chi connectivity index (χ2v) is 5.72. The molecular formula is C12H14ClN3OS. The quantitative estimate of drug-likeness (QED) is 0.794. The van der Waals surface area contributed by atoms with Crippen molar-refractivity contribution in [2.75, 3.05) is 19.8 Å². The van der Waals surface area contributed by atoms with Gasteiger partial charge in [-0.15, -0.1) is 11.3 Å². The molecule has 6 heteroatoms. The Hall–Kier alpha value is -0.750. The molecule has 0 aliphatic carbocycles. The fourth-order valence-corrected chi connectivity index (χ4v) is 3.20. The van der Waals surface area contributed by atoms with E-state index in [0.29, 0.717) is 11.2 Å². The van der Waals surface area contributed by atoms with Crippen LogP contribution in [0.25, 0.3) is 10.2 Å². The molecule has 0 bridgehead atoms. The van der Waals surface area contributed by atoms with E-state index in [1.165, 1.54) is 0 Å². The minimum absolute atomic E-state index is 0.403. The lowest BCUT2D eigenvalue weighted by molar-refractivity contribution is -0.00544. The van der Waals surface area contributed by atoms with Crippen molar-refractivity contribution < 1.29 is 4.74 Å². The maximum absolute atomic E-state index is 6.17. The van der Waals surface area contributed by atoms with Crippen molar-refractivity contribution in [2.45, 2.75) is 19.5 Å². The first-order valence-electron chi connectivity index (χ1n) is 5.95. The number of nitrogens with zero attached hydrogens (tertiary/aromatic N) is 3. The molecule has 2 aromatic rings. The number of aromatic nitrogens is 2. The number of thiophene rings is 1. The SMILES string of the molecule is CC1COCCN1Cc1nc(Cl)c2ccsc2n1. The molecule has 0 saturated carbocycles. The molecular weight excluding hydrogens is 270 g/mol. The average Bonchev–Trinajstić information content (AvgIpc) is 2.81. The molecule has 1 saturated heterocycles. The topological polar surface area (TPSA) is 38.2 Å². The zero-order valence-electron chi connectivity index (χ0n) is 10.1. The summed E-state index contributed by atoms with van der Waals surface area (Å²) in [6, 6.07) is 2.36. The van der Waals surface area contributed by atoms with E-state index < -0.39 is 0 Å². The second kappa shape index (κ2) is 5.09. The lowest BCUT2D eigenvalue weighted by Crippen LogP contribution is -2.43. The van der Waals surface area contributed by atoms with Crippen LogP contribution in [-0.4, -0.2) is 40.7 Å². The third-order valence-corrected chi connectivity index (χ3v) is 4.27. The Morgan fingerprint density at radius 1 is 1.56 bits per heavy atom. The van der Waals surface area contributed by atoms with Gasteiger partial charge in [-0.1, -0.05) is 11.6 Å². The molecule has 4 nitrogen and oxygen atoms in total. The van der Waals surface area contributed by atoms with Crippen LogP contribution in [0.1, 0.15) is 12.7 Å². The summed E-state index contributed by atoms with van der Waals surface area (Å²) in [6.07, 6.45) is 0. The molecule has 0 N–H and O–H groups in total. The van der Waals surface area contributed by atoms with Crippen molar-refractivity contribution in [3.05, 3.63) is 22.4 Å². The molecule has 0 spiro atoms. The Morgan fingerprint density at radius 3 is 3.28 bits per heavy atom. The summed E-state index contributed by atoms with van der Waals surface area (Å²) >= 11 is 7.77.